The van der Waals surface area contributed by atoms with Gasteiger partial charge in [-0.2, -0.15) is 0 Å². The topological polar surface area (TPSA) is 62.3 Å². The van der Waals surface area contributed by atoms with Crippen molar-refractivity contribution in [2.24, 2.45) is 7.05 Å². The van der Waals surface area contributed by atoms with Gasteiger partial charge in [-0.25, -0.2) is 0 Å². The first-order valence-electron chi connectivity index (χ1n) is 9.95. The van der Waals surface area contributed by atoms with Gasteiger partial charge in [-0.1, -0.05) is 36.4 Å². The summed E-state index contributed by atoms with van der Waals surface area (Å²) < 4.78 is 19.7. The third-order valence-electron chi connectivity index (χ3n) is 5.44. The lowest BCUT2D eigenvalue weighted by molar-refractivity contribution is -0.0389. The number of benzene rings is 2. The van der Waals surface area contributed by atoms with E-state index in [0.29, 0.717) is 18.4 Å². The Balaban J connectivity index is 1.43. The fourth-order valence-electron chi connectivity index (χ4n) is 3.86. The molecule has 2 aromatic heterocycles. The molecule has 6 heteroatoms. The molecular weight excluding hydrogens is 366 g/mol. The molecule has 148 valence electrons. The molecule has 4 aromatic rings. The van der Waals surface area contributed by atoms with Gasteiger partial charge in [0.1, 0.15) is 0 Å². The Labute approximate surface area is 169 Å². The van der Waals surface area contributed by atoms with Crippen molar-refractivity contribution in [3.8, 4) is 22.9 Å². The van der Waals surface area contributed by atoms with Gasteiger partial charge in [0.25, 0.3) is 0 Å². The summed E-state index contributed by atoms with van der Waals surface area (Å²) in [5.41, 5.74) is 4.04. The first kappa shape index (κ1) is 18.1. The molecule has 29 heavy (non-hydrogen) atoms. The van der Waals surface area contributed by atoms with Crippen LogP contribution >= 0.6 is 0 Å². The number of para-hydroxylation sites is 1. The van der Waals surface area contributed by atoms with E-state index in [1.54, 1.807) is 0 Å². The molecule has 0 amide bonds. The standard InChI is InChI=1S/C23H23N3O3/c1-26-14-20(19-8-4-5-9-21(19)26)23-25-24-22(29-23)18-7-3-2-6-16(18)15-28-17-10-12-27-13-11-17/h2-9,14,17H,10-13,15H2,1H3. The Kier molecular flexibility index (Phi) is 4.87. The van der Waals surface area contributed by atoms with Crippen LogP contribution in [0.2, 0.25) is 0 Å². The van der Waals surface area contributed by atoms with Crippen LogP contribution in [0.3, 0.4) is 0 Å². The van der Waals surface area contributed by atoms with Gasteiger partial charge in [-0.3, -0.25) is 0 Å². The van der Waals surface area contributed by atoms with E-state index in [-0.39, 0.29) is 6.10 Å². The molecule has 0 atom stereocenters. The lowest BCUT2D eigenvalue weighted by Gasteiger charge is -2.22. The quantitative estimate of drug-likeness (QED) is 0.500. The number of fused-ring (bicyclic) bond motifs is 1. The van der Waals surface area contributed by atoms with Crippen molar-refractivity contribution >= 4 is 10.9 Å². The molecule has 0 N–H and O–H groups in total. The van der Waals surface area contributed by atoms with Gasteiger partial charge in [0.15, 0.2) is 0 Å². The highest BCUT2D eigenvalue weighted by atomic mass is 16.5. The minimum atomic E-state index is 0.241. The molecule has 0 aliphatic carbocycles. The van der Waals surface area contributed by atoms with Gasteiger partial charge in [0, 0.05) is 42.9 Å². The fourth-order valence-corrected chi connectivity index (χ4v) is 3.86. The van der Waals surface area contributed by atoms with Crippen LogP contribution in [-0.4, -0.2) is 34.1 Å². The van der Waals surface area contributed by atoms with E-state index >= 15 is 0 Å². The predicted octanol–water partition coefficient (Wildman–Crippen LogP) is 4.59. The van der Waals surface area contributed by atoms with Gasteiger partial charge < -0.3 is 18.5 Å². The molecule has 0 saturated carbocycles. The second-order valence-corrected chi connectivity index (χ2v) is 7.36. The van der Waals surface area contributed by atoms with Gasteiger partial charge in [0.05, 0.1) is 18.3 Å². The second kappa shape index (κ2) is 7.81. The molecule has 0 unspecified atom stereocenters. The van der Waals surface area contributed by atoms with E-state index in [1.165, 1.54) is 0 Å². The minimum Gasteiger partial charge on any atom is -0.416 e. The molecule has 1 fully saturated rings. The summed E-state index contributed by atoms with van der Waals surface area (Å²) >= 11 is 0. The van der Waals surface area contributed by atoms with E-state index in [4.69, 9.17) is 13.9 Å². The molecule has 6 nitrogen and oxygen atoms in total. The molecule has 0 radical (unpaired) electrons. The molecule has 1 aliphatic heterocycles. The van der Waals surface area contributed by atoms with Crippen LogP contribution in [0.15, 0.2) is 59.1 Å². The molecule has 1 aliphatic rings. The molecule has 0 spiro atoms. The van der Waals surface area contributed by atoms with Crippen LogP contribution in [0.1, 0.15) is 18.4 Å². The van der Waals surface area contributed by atoms with Crippen LogP contribution in [0, 0.1) is 0 Å². The Morgan fingerprint density at radius 1 is 0.966 bits per heavy atom. The zero-order valence-electron chi connectivity index (χ0n) is 16.4. The smallest absolute Gasteiger partial charge is 0.250 e. The maximum Gasteiger partial charge on any atom is 0.250 e. The fraction of sp³-hybridized carbons (Fsp3) is 0.304. The van der Waals surface area contributed by atoms with Crippen LogP contribution in [0.25, 0.3) is 33.8 Å². The van der Waals surface area contributed by atoms with Gasteiger partial charge in [-0.05, 0) is 30.5 Å². The number of nitrogens with zero attached hydrogens (tertiary/aromatic N) is 3. The van der Waals surface area contributed by atoms with Crippen LogP contribution in [0.4, 0.5) is 0 Å². The monoisotopic (exact) mass is 389 g/mol. The minimum absolute atomic E-state index is 0.241. The maximum atomic E-state index is 6.11. The van der Waals surface area contributed by atoms with Crippen molar-refractivity contribution in [1.82, 2.24) is 14.8 Å². The van der Waals surface area contributed by atoms with E-state index in [1.807, 2.05) is 43.6 Å². The van der Waals surface area contributed by atoms with Crippen LogP contribution < -0.4 is 0 Å². The predicted molar refractivity (Wildman–Crippen MR) is 110 cm³/mol. The summed E-state index contributed by atoms with van der Waals surface area (Å²) in [4.78, 5) is 0. The van der Waals surface area contributed by atoms with E-state index < -0.39 is 0 Å². The number of ether oxygens (including phenoxy) is 2. The Morgan fingerprint density at radius 3 is 2.55 bits per heavy atom. The third kappa shape index (κ3) is 3.57. The molecule has 1 saturated heterocycles. The zero-order valence-corrected chi connectivity index (χ0v) is 16.4. The third-order valence-corrected chi connectivity index (χ3v) is 5.44. The average molecular weight is 389 g/mol. The van der Waals surface area contributed by atoms with Crippen molar-refractivity contribution in [1.29, 1.82) is 0 Å². The van der Waals surface area contributed by atoms with Gasteiger partial charge in [0.2, 0.25) is 11.8 Å². The van der Waals surface area contributed by atoms with Crippen molar-refractivity contribution in [3.05, 3.63) is 60.3 Å². The van der Waals surface area contributed by atoms with Crippen LogP contribution in [0.5, 0.6) is 0 Å². The van der Waals surface area contributed by atoms with E-state index in [2.05, 4.69) is 33.0 Å². The molecule has 2 aromatic carbocycles. The highest BCUT2D eigenvalue weighted by Crippen LogP contribution is 2.32. The highest BCUT2D eigenvalue weighted by molar-refractivity contribution is 5.94. The second-order valence-electron chi connectivity index (χ2n) is 7.36. The van der Waals surface area contributed by atoms with Crippen molar-refractivity contribution in [2.45, 2.75) is 25.6 Å². The lowest BCUT2D eigenvalue weighted by atomic mass is 10.1. The summed E-state index contributed by atoms with van der Waals surface area (Å²) in [7, 11) is 2.02. The Morgan fingerprint density at radius 2 is 1.69 bits per heavy atom. The maximum absolute atomic E-state index is 6.11. The number of rotatable bonds is 5. The molecule has 5 rings (SSSR count). The van der Waals surface area contributed by atoms with Crippen molar-refractivity contribution in [2.75, 3.05) is 13.2 Å². The van der Waals surface area contributed by atoms with E-state index in [0.717, 1.165) is 53.6 Å². The average Bonchev–Trinajstić information content (AvgIpc) is 3.38. The largest absolute Gasteiger partial charge is 0.416 e. The van der Waals surface area contributed by atoms with Gasteiger partial charge >= 0.3 is 0 Å². The summed E-state index contributed by atoms with van der Waals surface area (Å²) in [6, 6.07) is 16.2. The number of aromatic nitrogens is 3. The zero-order chi connectivity index (χ0) is 19.6. The SMILES string of the molecule is Cn1cc(-c2nnc(-c3ccccc3COC3CCOCC3)o2)c2ccccc21. The van der Waals surface area contributed by atoms with Crippen LogP contribution in [-0.2, 0) is 23.1 Å². The molecular formula is C23H23N3O3. The first-order valence-corrected chi connectivity index (χ1v) is 9.95. The summed E-state index contributed by atoms with van der Waals surface area (Å²) in [5.74, 6) is 1.04. The number of hydrogen-bond acceptors (Lipinski definition) is 5. The summed E-state index contributed by atoms with van der Waals surface area (Å²) in [5, 5.41) is 9.76. The normalized spacial score (nSPS) is 15.2. The highest BCUT2D eigenvalue weighted by Gasteiger charge is 2.19. The summed E-state index contributed by atoms with van der Waals surface area (Å²) in [6.07, 6.45) is 4.15. The van der Waals surface area contributed by atoms with Crippen molar-refractivity contribution in [3.63, 3.8) is 0 Å². The van der Waals surface area contributed by atoms with E-state index in [9.17, 15) is 0 Å². The van der Waals surface area contributed by atoms with Gasteiger partial charge in [-0.15, -0.1) is 10.2 Å². The molecule has 0 bridgehead atoms. The Hall–Kier alpha value is -2.96. The van der Waals surface area contributed by atoms with Crippen molar-refractivity contribution < 1.29 is 13.9 Å². The number of aryl methyl sites for hydroxylation is 1. The lowest BCUT2D eigenvalue weighted by Crippen LogP contribution is -2.23. The number of hydrogen-bond donors (Lipinski definition) is 0. The summed E-state index contributed by atoms with van der Waals surface area (Å²) in [6.45, 7) is 2.06. The first-order chi connectivity index (χ1) is 14.3. The Bertz CT molecular complexity index is 1130. The molecule has 3 heterocycles.